The first-order chi connectivity index (χ1) is 13.5. The molecule has 0 bridgehead atoms. The Morgan fingerprint density at radius 1 is 1.11 bits per heavy atom. The summed E-state index contributed by atoms with van der Waals surface area (Å²) in [5.41, 5.74) is 3.33. The smallest absolute Gasteiger partial charge is 0.407 e. The third-order valence-corrected chi connectivity index (χ3v) is 5.17. The van der Waals surface area contributed by atoms with Crippen molar-refractivity contribution in [2.75, 3.05) is 11.9 Å². The van der Waals surface area contributed by atoms with E-state index < -0.39 is 6.09 Å². The van der Waals surface area contributed by atoms with Crippen LogP contribution in [0.15, 0.2) is 48.5 Å². The third-order valence-electron chi connectivity index (χ3n) is 5.17. The van der Waals surface area contributed by atoms with Crippen molar-refractivity contribution < 1.29 is 14.3 Å². The van der Waals surface area contributed by atoms with Crippen molar-refractivity contribution in [2.45, 2.75) is 39.5 Å². The number of nitrogens with one attached hydrogen (secondary N) is 3. The Labute approximate surface area is 165 Å². The lowest BCUT2D eigenvalue weighted by atomic mass is 9.84. The monoisotopic (exact) mass is 381 g/mol. The first kappa shape index (κ1) is 19.7. The molecular weight excluding hydrogens is 354 g/mol. The predicted molar refractivity (Wildman–Crippen MR) is 109 cm³/mol. The number of benzene rings is 2. The summed E-state index contributed by atoms with van der Waals surface area (Å²) in [6.07, 6.45) is -0.468. The maximum absolute atomic E-state index is 12.4. The number of carbonyl (C=O) groups is 2. The molecule has 2 aromatic rings. The number of ether oxygens (including phenoxy) is 1. The Bertz CT molecular complexity index is 838. The van der Waals surface area contributed by atoms with Gasteiger partial charge in [0.1, 0.15) is 6.61 Å². The largest absolute Gasteiger partial charge is 0.445 e. The molecule has 148 valence electrons. The molecule has 2 amide bonds. The lowest BCUT2D eigenvalue weighted by Crippen LogP contribution is -2.43. The van der Waals surface area contributed by atoms with E-state index in [4.69, 9.17) is 4.74 Å². The second-order valence-corrected chi connectivity index (χ2v) is 7.14. The number of amides is 2. The van der Waals surface area contributed by atoms with Gasteiger partial charge >= 0.3 is 6.09 Å². The molecular formula is C22H27N3O3. The van der Waals surface area contributed by atoms with Crippen molar-refractivity contribution in [3.8, 4) is 0 Å². The summed E-state index contributed by atoms with van der Waals surface area (Å²) in [6.45, 7) is 6.81. The number of rotatable bonds is 5. The molecule has 3 N–H and O–H groups in total. The van der Waals surface area contributed by atoms with Crippen molar-refractivity contribution in [1.82, 2.24) is 10.6 Å². The van der Waals surface area contributed by atoms with E-state index in [-0.39, 0.29) is 30.5 Å². The van der Waals surface area contributed by atoms with Gasteiger partial charge in [0.05, 0.1) is 6.04 Å². The van der Waals surface area contributed by atoms with Crippen LogP contribution in [0.1, 0.15) is 48.3 Å². The molecule has 1 heterocycles. The Morgan fingerprint density at radius 2 is 1.86 bits per heavy atom. The van der Waals surface area contributed by atoms with Gasteiger partial charge in [-0.1, -0.05) is 37.3 Å². The van der Waals surface area contributed by atoms with Gasteiger partial charge in [0, 0.05) is 29.8 Å². The van der Waals surface area contributed by atoms with E-state index in [1.54, 1.807) is 6.07 Å². The van der Waals surface area contributed by atoms with Gasteiger partial charge in [-0.3, -0.25) is 4.79 Å². The lowest BCUT2D eigenvalue weighted by Gasteiger charge is -2.37. The van der Waals surface area contributed by atoms with Gasteiger partial charge in [0.2, 0.25) is 0 Å². The molecule has 6 heteroatoms. The van der Waals surface area contributed by atoms with Gasteiger partial charge in [-0.05, 0) is 43.2 Å². The van der Waals surface area contributed by atoms with Gasteiger partial charge in [-0.2, -0.15) is 0 Å². The fourth-order valence-corrected chi connectivity index (χ4v) is 3.40. The number of fused-ring (bicyclic) bond motifs is 1. The highest BCUT2D eigenvalue weighted by molar-refractivity contribution is 5.95. The summed E-state index contributed by atoms with van der Waals surface area (Å²) in [6, 6.07) is 15.0. The Morgan fingerprint density at radius 3 is 2.57 bits per heavy atom. The number of carbonyl (C=O) groups excluding carboxylic acids is 2. The summed E-state index contributed by atoms with van der Waals surface area (Å²) < 4.78 is 5.40. The number of alkyl carbamates (subject to hydrolysis) is 1. The molecule has 0 saturated carbocycles. The van der Waals surface area contributed by atoms with Gasteiger partial charge < -0.3 is 20.7 Å². The van der Waals surface area contributed by atoms with E-state index in [9.17, 15) is 9.59 Å². The van der Waals surface area contributed by atoms with Crippen LogP contribution in [0.2, 0.25) is 0 Å². The molecule has 1 aliphatic rings. The van der Waals surface area contributed by atoms with Crippen LogP contribution in [-0.2, 0) is 11.3 Å². The van der Waals surface area contributed by atoms with Crippen molar-refractivity contribution in [2.24, 2.45) is 5.92 Å². The number of anilines is 1. The quantitative estimate of drug-likeness (QED) is 0.735. The van der Waals surface area contributed by atoms with E-state index in [1.165, 1.54) is 0 Å². The van der Waals surface area contributed by atoms with Crippen LogP contribution in [0, 0.1) is 5.92 Å². The summed E-state index contributed by atoms with van der Waals surface area (Å²) in [4.78, 5) is 24.7. The maximum atomic E-state index is 12.4. The topological polar surface area (TPSA) is 79.5 Å². The molecule has 0 aromatic heterocycles. The predicted octanol–water partition coefficient (Wildman–Crippen LogP) is 3.85. The van der Waals surface area contributed by atoms with E-state index in [0.29, 0.717) is 12.1 Å². The first-order valence-corrected chi connectivity index (χ1v) is 9.65. The van der Waals surface area contributed by atoms with Gasteiger partial charge in [-0.25, -0.2) is 4.79 Å². The average Bonchev–Trinajstić information content (AvgIpc) is 2.70. The van der Waals surface area contributed by atoms with E-state index in [1.807, 2.05) is 49.4 Å². The zero-order valence-corrected chi connectivity index (χ0v) is 16.5. The van der Waals surface area contributed by atoms with Crippen LogP contribution in [0.5, 0.6) is 0 Å². The van der Waals surface area contributed by atoms with Crippen LogP contribution >= 0.6 is 0 Å². The molecule has 0 aliphatic carbocycles. The van der Waals surface area contributed by atoms with Gasteiger partial charge in [0.25, 0.3) is 5.91 Å². The first-order valence-electron chi connectivity index (χ1n) is 9.65. The van der Waals surface area contributed by atoms with Crippen LogP contribution in [0.3, 0.4) is 0 Å². The fourth-order valence-electron chi connectivity index (χ4n) is 3.40. The summed E-state index contributed by atoms with van der Waals surface area (Å²) >= 11 is 0. The highest BCUT2D eigenvalue weighted by atomic mass is 16.5. The van der Waals surface area contributed by atoms with Crippen molar-refractivity contribution >= 4 is 17.7 Å². The van der Waals surface area contributed by atoms with E-state index >= 15 is 0 Å². The van der Waals surface area contributed by atoms with E-state index in [0.717, 1.165) is 16.8 Å². The van der Waals surface area contributed by atoms with Crippen LogP contribution in [0.25, 0.3) is 0 Å². The summed E-state index contributed by atoms with van der Waals surface area (Å²) in [5.74, 6) is 0.00300. The standard InChI is InChI=1S/C22H27N3O3/c1-4-23-21(26)17-10-11-19-18(12-17)20(14(2)15(3)24-19)25-22(27)28-13-16-8-6-5-7-9-16/h5-12,14-15,20,24H,4,13H2,1-3H3,(H,23,26)(H,25,27)/t14-,15-,20+/m0/s1. The molecule has 0 fully saturated rings. The zero-order chi connectivity index (χ0) is 20.1. The molecule has 2 aromatic carbocycles. The molecule has 1 aliphatic heterocycles. The third kappa shape index (κ3) is 4.44. The molecule has 6 nitrogen and oxygen atoms in total. The summed E-state index contributed by atoms with van der Waals surface area (Å²) in [7, 11) is 0. The minimum atomic E-state index is -0.468. The Balaban J connectivity index is 1.77. The minimum absolute atomic E-state index is 0.123. The molecule has 0 radical (unpaired) electrons. The molecule has 0 saturated heterocycles. The second kappa shape index (κ2) is 8.78. The van der Waals surface area contributed by atoms with Crippen LogP contribution in [-0.4, -0.2) is 24.6 Å². The van der Waals surface area contributed by atoms with Gasteiger partial charge in [-0.15, -0.1) is 0 Å². The fraction of sp³-hybridized carbons (Fsp3) is 0.364. The molecule has 3 atom stereocenters. The van der Waals surface area contributed by atoms with Crippen molar-refractivity contribution in [3.05, 3.63) is 65.2 Å². The van der Waals surface area contributed by atoms with Crippen LogP contribution in [0.4, 0.5) is 10.5 Å². The summed E-state index contributed by atoms with van der Waals surface area (Å²) in [5, 5.41) is 9.25. The minimum Gasteiger partial charge on any atom is -0.445 e. The normalized spacial score (nSPS) is 20.5. The Hall–Kier alpha value is -3.02. The molecule has 28 heavy (non-hydrogen) atoms. The molecule has 0 spiro atoms. The van der Waals surface area contributed by atoms with Crippen LogP contribution < -0.4 is 16.0 Å². The lowest BCUT2D eigenvalue weighted by molar-refractivity contribution is 0.0955. The highest BCUT2D eigenvalue weighted by Gasteiger charge is 2.33. The van der Waals surface area contributed by atoms with Gasteiger partial charge in [0.15, 0.2) is 0 Å². The van der Waals surface area contributed by atoms with E-state index in [2.05, 4.69) is 29.8 Å². The molecule has 3 rings (SSSR count). The molecule has 0 unspecified atom stereocenters. The number of hydrogen-bond acceptors (Lipinski definition) is 4. The average molecular weight is 381 g/mol. The van der Waals surface area contributed by atoms with Crippen molar-refractivity contribution in [1.29, 1.82) is 0 Å². The SMILES string of the molecule is CCNC(=O)c1ccc2c(c1)[C@H](NC(=O)OCc1ccccc1)[C@@H](C)[C@H](C)N2. The number of hydrogen-bond donors (Lipinski definition) is 3. The van der Waals surface area contributed by atoms with Crippen molar-refractivity contribution in [3.63, 3.8) is 0 Å². The highest BCUT2D eigenvalue weighted by Crippen LogP contribution is 2.37. The second-order valence-electron chi connectivity index (χ2n) is 7.14. The zero-order valence-electron chi connectivity index (χ0n) is 16.5. The maximum Gasteiger partial charge on any atom is 0.407 e. The Kier molecular flexibility index (Phi) is 6.19.